The third-order valence-corrected chi connectivity index (χ3v) is 3.18. The number of amides is 1. The minimum Gasteiger partial charge on any atom is -0.508 e. The van der Waals surface area contributed by atoms with Gasteiger partial charge in [0.2, 0.25) is 0 Å². The van der Waals surface area contributed by atoms with E-state index in [4.69, 9.17) is 0 Å². The van der Waals surface area contributed by atoms with Crippen molar-refractivity contribution in [2.45, 2.75) is 6.92 Å². The fourth-order valence-corrected chi connectivity index (χ4v) is 1.68. The Labute approximate surface area is 100 Å². The number of phenolic OH excluding ortho intramolecular Hbond substituents is 1. The molecule has 0 atom stereocenters. The van der Waals surface area contributed by atoms with E-state index in [-0.39, 0.29) is 18.0 Å². The number of hydrogen-bond donors (Lipinski definition) is 2. The van der Waals surface area contributed by atoms with Crippen molar-refractivity contribution in [1.82, 2.24) is 5.32 Å². The van der Waals surface area contributed by atoms with Gasteiger partial charge in [0, 0.05) is 18.4 Å². The van der Waals surface area contributed by atoms with Crippen LogP contribution in [0.2, 0.25) is 0 Å². The second-order valence-electron chi connectivity index (χ2n) is 3.89. The second kappa shape index (κ2) is 5.18. The van der Waals surface area contributed by atoms with Gasteiger partial charge in [-0.05, 0) is 24.6 Å². The quantitative estimate of drug-likeness (QED) is 0.821. The average Bonchev–Trinajstić information content (AvgIpc) is 2.20. The molecular formula is C11H15NO4S. The maximum atomic E-state index is 11.6. The topological polar surface area (TPSA) is 83.5 Å². The number of hydrogen-bond acceptors (Lipinski definition) is 4. The van der Waals surface area contributed by atoms with Crippen LogP contribution in [0.25, 0.3) is 0 Å². The van der Waals surface area contributed by atoms with Gasteiger partial charge in [0.15, 0.2) is 0 Å². The SMILES string of the molecule is Cc1ccc(C(=O)NCCS(C)(=O)=O)cc1O. The first-order chi connectivity index (χ1) is 7.79. The molecule has 0 aliphatic heterocycles. The summed E-state index contributed by atoms with van der Waals surface area (Å²) in [5.74, 6) is -0.457. The molecule has 0 saturated carbocycles. The highest BCUT2D eigenvalue weighted by atomic mass is 32.2. The first kappa shape index (κ1) is 13.5. The minimum atomic E-state index is -3.08. The summed E-state index contributed by atoms with van der Waals surface area (Å²) < 4.78 is 21.7. The first-order valence-electron chi connectivity index (χ1n) is 5.05. The number of phenols is 1. The predicted octanol–water partition coefficient (Wildman–Crippen LogP) is 0.475. The molecule has 2 N–H and O–H groups in total. The Bertz CT molecular complexity index is 522. The summed E-state index contributed by atoms with van der Waals surface area (Å²) in [5, 5.41) is 11.9. The van der Waals surface area contributed by atoms with Crippen molar-refractivity contribution in [2.75, 3.05) is 18.6 Å². The van der Waals surface area contributed by atoms with Gasteiger partial charge in [-0.2, -0.15) is 0 Å². The Hall–Kier alpha value is -1.56. The Morgan fingerprint density at radius 3 is 2.59 bits per heavy atom. The zero-order valence-electron chi connectivity index (χ0n) is 9.73. The molecule has 0 spiro atoms. The largest absolute Gasteiger partial charge is 0.508 e. The van der Waals surface area contributed by atoms with Crippen LogP contribution in [0.3, 0.4) is 0 Å². The lowest BCUT2D eigenvalue weighted by Crippen LogP contribution is -2.28. The van der Waals surface area contributed by atoms with E-state index in [1.54, 1.807) is 19.1 Å². The number of carbonyl (C=O) groups is 1. The van der Waals surface area contributed by atoms with Gasteiger partial charge in [-0.3, -0.25) is 4.79 Å². The van der Waals surface area contributed by atoms with E-state index in [9.17, 15) is 18.3 Å². The van der Waals surface area contributed by atoms with Crippen LogP contribution in [-0.4, -0.2) is 38.0 Å². The summed E-state index contributed by atoms with van der Waals surface area (Å²) in [6, 6.07) is 4.55. The molecule has 1 rings (SSSR count). The fourth-order valence-electron chi connectivity index (χ4n) is 1.20. The summed E-state index contributed by atoms with van der Waals surface area (Å²) in [4.78, 5) is 11.6. The lowest BCUT2D eigenvalue weighted by molar-refractivity contribution is 0.0955. The molecule has 0 radical (unpaired) electrons. The van der Waals surface area contributed by atoms with E-state index in [2.05, 4.69) is 5.32 Å². The molecule has 0 aliphatic rings. The highest BCUT2D eigenvalue weighted by Gasteiger charge is 2.08. The van der Waals surface area contributed by atoms with E-state index >= 15 is 0 Å². The molecule has 0 unspecified atom stereocenters. The van der Waals surface area contributed by atoms with Crippen LogP contribution in [0.15, 0.2) is 18.2 Å². The number of carbonyl (C=O) groups excluding carboxylic acids is 1. The van der Waals surface area contributed by atoms with Crippen LogP contribution in [0, 0.1) is 6.92 Å². The highest BCUT2D eigenvalue weighted by molar-refractivity contribution is 7.90. The number of aryl methyl sites for hydroxylation is 1. The Balaban J connectivity index is 2.61. The first-order valence-corrected chi connectivity index (χ1v) is 7.11. The monoisotopic (exact) mass is 257 g/mol. The summed E-state index contributed by atoms with van der Waals surface area (Å²) in [5.41, 5.74) is 0.985. The third kappa shape index (κ3) is 4.44. The number of benzene rings is 1. The van der Waals surface area contributed by atoms with Gasteiger partial charge in [-0.15, -0.1) is 0 Å². The van der Waals surface area contributed by atoms with Crippen LogP contribution in [0.4, 0.5) is 0 Å². The Morgan fingerprint density at radius 1 is 1.41 bits per heavy atom. The summed E-state index contributed by atoms with van der Waals surface area (Å²) >= 11 is 0. The molecule has 0 aromatic heterocycles. The van der Waals surface area contributed by atoms with Crippen molar-refractivity contribution in [2.24, 2.45) is 0 Å². The maximum absolute atomic E-state index is 11.6. The molecule has 1 amide bonds. The van der Waals surface area contributed by atoms with Crippen LogP contribution < -0.4 is 5.32 Å². The molecule has 0 aliphatic carbocycles. The van der Waals surface area contributed by atoms with Gasteiger partial charge in [-0.1, -0.05) is 6.07 Å². The van der Waals surface area contributed by atoms with Gasteiger partial charge >= 0.3 is 0 Å². The minimum absolute atomic E-state index is 0.0424. The summed E-state index contributed by atoms with van der Waals surface area (Å²) in [7, 11) is -3.08. The third-order valence-electron chi connectivity index (χ3n) is 2.23. The van der Waals surface area contributed by atoms with Crippen molar-refractivity contribution in [3.63, 3.8) is 0 Å². The molecule has 0 fully saturated rings. The van der Waals surface area contributed by atoms with Gasteiger partial charge in [0.05, 0.1) is 5.75 Å². The number of nitrogens with one attached hydrogen (secondary N) is 1. The molecule has 1 aromatic carbocycles. The van der Waals surface area contributed by atoms with Crippen molar-refractivity contribution in [3.05, 3.63) is 29.3 Å². The number of rotatable bonds is 4. The number of aromatic hydroxyl groups is 1. The van der Waals surface area contributed by atoms with Crippen LogP contribution in [0.1, 0.15) is 15.9 Å². The van der Waals surface area contributed by atoms with Crippen molar-refractivity contribution < 1.29 is 18.3 Å². The molecule has 6 heteroatoms. The summed E-state index contributed by atoms with van der Waals surface area (Å²) in [6.45, 7) is 1.78. The summed E-state index contributed by atoms with van der Waals surface area (Å²) in [6.07, 6.45) is 1.11. The molecule has 94 valence electrons. The lowest BCUT2D eigenvalue weighted by Gasteiger charge is -2.05. The second-order valence-corrected chi connectivity index (χ2v) is 6.15. The van der Waals surface area contributed by atoms with E-state index in [1.807, 2.05) is 0 Å². The average molecular weight is 257 g/mol. The van der Waals surface area contributed by atoms with E-state index in [0.29, 0.717) is 11.1 Å². The van der Waals surface area contributed by atoms with E-state index in [1.165, 1.54) is 6.07 Å². The van der Waals surface area contributed by atoms with Crippen LogP contribution in [-0.2, 0) is 9.84 Å². The predicted molar refractivity (Wildman–Crippen MR) is 64.9 cm³/mol. The highest BCUT2D eigenvalue weighted by Crippen LogP contribution is 2.17. The van der Waals surface area contributed by atoms with Gasteiger partial charge in [0.25, 0.3) is 5.91 Å². The van der Waals surface area contributed by atoms with Crippen molar-refractivity contribution in [1.29, 1.82) is 0 Å². The van der Waals surface area contributed by atoms with Gasteiger partial charge < -0.3 is 10.4 Å². The molecule has 0 bridgehead atoms. The molecule has 1 aromatic rings. The zero-order valence-corrected chi connectivity index (χ0v) is 10.5. The van der Waals surface area contributed by atoms with E-state index in [0.717, 1.165) is 6.26 Å². The normalized spacial score (nSPS) is 11.2. The smallest absolute Gasteiger partial charge is 0.251 e. The van der Waals surface area contributed by atoms with Crippen LogP contribution >= 0.6 is 0 Å². The molecular weight excluding hydrogens is 242 g/mol. The van der Waals surface area contributed by atoms with Gasteiger partial charge in [0.1, 0.15) is 15.6 Å². The Morgan fingerprint density at radius 2 is 2.06 bits per heavy atom. The molecule has 0 heterocycles. The van der Waals surface area contributed by atoms with Crippen LogP contribution in [0.5, 0.6) is 5.75 Å². The molecule has 0 saturated heterocycles. The zero-order chi connectivity index (χ0) is 13.1. The molecule has 17 heavy (non-hydrogen) atoms. The lowest BCUT2D eigenvalue weighted by atomic mass is 10.1. The number of sulfone groups is 1. The van der Waals surface area contributed by atoms with Gasteiger partial charge in [-0.25, -0.2) is 8.42 Å². The standard InChI is InChI=1S/C11H15NO4S/c1-8-3-4-9(7-10(8)13)11(14)12-5-6-17(2,15)16/h3-4,7,13H,5-6H2,1-2H3,(H,12,14). The van der Waals surface area contributed by atoms with Crippen molar-refractivity contribution in [3.8, 4) is 5.75 Å². The Kier molecular flexibility index (Phi) is 4.11. The fraction of sp³-hybridized carbons (Fsp3) is 0.364. The van der Waals surface area contributed by atoms with E-state index < -0.39 is 15.7 Å². The molecule has 5 nitrogen and oxygen atoms in total. The maximum Gasteiger partial charge on any atom is 0.251 e. The van der Waals surface area contributed by atoms with Crippen molar-refractivity contribution >= 4 is 15.7 Å².